The smallest absolute Gasteiger partial charge is 0.296 e. The molecule has 0 saturated heterocycles. The van der Waals surface area contributed by atoms with Crippen LogP contribution in [0, 0.1) is 11.8 Å². The van der Waals surface area contributed by atoms with E-state index >= 15 is 0 Å². The molecule has 0 saturated carbocycles. The first-order chi connectivity index (χ1) is 12.1. The molecule has 3 aromatic rings. The van der Waals surface area contributed by atoms with Gasteiger partial charge in [-0.3, -0.25) is 4.79 Å². The van der Waals surface area contributed by atoms with E-state index in [0.717, 1.165) is 15.3 Å². The summed E-state index contributed by atoms with van der Waals surface area (Å²) in [5.41, 5.74) is 1.71. The molecule has 0 radical (unpaired) electrons. The maximum absolute atomic E-state index is 11.8. The number of amides is 1. The number of thiazole rings is 1. The zero-order valence-electron chi connectivity index (χ0n) is 13.6. The van der Waals surface area contributed by atoms with Crippen LogP contribution in [-0.2, 0) is 4.79 Å². The second-order valence-electron chi connectivity index (χ2n) is 5.40. The van der Waals surface area contributed by atoms with Gasteiger partial charge in [0.1, 0.15) is 0 Å². The summed E-state index contributed by atoms with van der Waals surface area (Å²) >= 11 is 7.52. The predicted molar refractivity (Wildman–Crippen MR) is 104 cm³/mol. The van der Waals surface area contributed by atoms with E-state index in [1.54, 1.807) is 29.5 Å². The van der Waals surface area contributed by atoms with Crippen molar-refractivity contribution in [1.82, 2.24) is 10.3 Å². The van der Waals surface area contributed by atoms with E-state index in [-0.39, 0.29) is 5.91 Å². The van der Waals surface area contributed by atoms with Gasteiger partial charge < -0.3 is 10.2 Å². The highest BCUT2D eigenvalue weighted by atomic mass is 35.5. The third kappa shape index (κ3) is 4.72. The molecule has 2 aromatic carbocycles. The van der Waals surface area contributed by atoms with Crippen LogP contribution in [0.1, 0.15) is 5.56 Å². The van der Waals surface area contributed by atoms with Crippen molar-refractivity contribution < 1.29 is 4.79 Å². The minimum atomic E-state index is -0.308. The van der Waals surface area contributed by atoms with Crippen LogP contribution in [0.25, 0.3) is 10.2 Å². The average molecular weight is 370 g/mol. The lowest BCUT2D eigenvalue weighted by Crippen LogP contribution is -2.32. The molecule has 126 valence electrons. The van der Waals surface area contributed by atoms with Crippen LogP contribution in [0.2, 0.25) is 5.02 Å². The Kier molecular flexibility index (Phi) is 5.54. The zero-order valence-corrected chi connectivity index (χ0v) is 15.2. The molecule has 0 unspecified atom stereocenters. The van der Waals surface area contributed by atoms with Gasteiger partial charge in [0.05, 0.1) is 10.2 Å². The first kappa shape index (κ1) is 17.3. The van der Waals surface area contributed by atoms with Gasteiger partial charge in [-0.15, -0.1) is 0 Å². The summed E-state index contributed by atoms with van der Waals surface area (Å²) in [6, 6.07) is 15.1. The Labute approximate surface area is 155 Å². The summed E-state index contributed by atoms with van der Waals surface area (Å²) in [6.07, 6.45) is 0. The first-order valence-corrected chi connectivity index (χ1v) is 8.93. The van der Waals surface area contributed by atoms with Crippen molar-refractivity contribution in [2.75, 3.05) is 25.0 Å². The Balaban J connectivity index is 1.51. The van der Waals surface area contributed by atoms with Gasteiger partial charge in [0.2, 0.25) is 0 Å². The second-order valence-corrected chi connectivity index (χ2v) is 6.85. The maximum atomic E-state index is 11.8. The van der Waals surface area contributed by atoms with Crippen molar-refractivity contribution in [3.05, 3.63) is 59.1 Å². The Hall–Kier alpha value is -2.55. The number of carbonyl (C=O) groups excluding carboxylic acids is 1. The summed E-state index contributed by atoms with van der Waals surface area (Å²) in [6.45, 7) is 1.15. The molecule has 0 aliphatic rings. The molecular weight excluding hydrogens is 354 g/mol. The Morgan fingerprint density at radius 1 is 1.28 bits per heavy atom. The summed E-state index contributed by atoms with van der Waals surface area (Å²) in [4.78, 5) is 18.4. The highest BCUT2D eigenvalue weighted by Crippen LogP contribution is 2.27. The van der Waals surface area contributed by atoms with Gasteiger partial charge in [0.25, 0.3) is 5.91 Å². The summed E-state index contributed by atoms with van der Waals surface area (Å²) in [7, 11) is 1.96. The van der Waals surface area contributed by atoms with Gasteiger partial charge in [-0.1, -0.05) is 47.1 Å². The number of hydrogen-bond donors (Lipinski definition) is 1. The number of benzene rings is 2. The summed E-state index contributed by atoms with van der Waals surface area (Å²) < 4.78 is 1.15. The Morgan fingerprint density at radius 2 is 2.12 bits per heavy atom. The standard InChI is InChI=1S/C19H16ClN3OS/c1-23(19-22-16-7-2-3-8-17(16)25-19)12-11-21-18(24)10-9-14-5-4-6-15(20)13-14/h2-8,13H,11-12H2,1H3,(H,21,24). The number of nitrogens with zero attached hydrogens (tertiary/aromatic N) is 2. The largest absolute Gasteiger partial charge is 0.349 e. The predicted octanol–water partition coefficient (Wildman–Crippen LogP) is 3.55. The van der Waals surface area contributed by atoms with Gasteiger partial charge in [-0.05, 0) is 30.3 Å². The second kappa shape index (κ2) is 8.02. The molecule has 1 N–H and O–H groups in total. The number of likely N-dealkylation sites (N-methyl/N-ethyl adjacent to an activating group) is 1. The molecule has 0 bridgehead atoms. The summed E-state index contributed by atoms with van der Waals surface area (Å²) in [5, 5.41) is 4.32. The van der Waals surface area contributed by atoms with Gasteiger partial charge in [0, 0.05) is 36.6 Å². The molecule has 0 atom stereocenters. The fraction of sp³-hybridized carbons (Fsp3) is 0.158. The molecular formula is C19H16ClN3OS. The number of rotatable bonds is 4. The van der Waals surface area contributed by atoms with Crippen LogP contribution >= 0.6 is 22.9 Å². The number of anilines is 1. The fourth-order valence-corrected chi connectivity index (χ4v) is 3.34. The number of para-hydroxylation sites is 1. The molecule has 4 nitrogen and oxygen atoms in total. The van der Waals surface area contributed by atoms with Gasteiger partial charge >= 0.3 is 0 Å². The minimum Gasteiger partial charge on any atom is -0.349 e. The lowest BCUT2D eigenvalue weighted by molar-refractivity contribution is -0.115. The van der Waals surface area contributed by atoms with Crippen molar-refractivity contribution in [1.29, 1.82) is 0 Å². The average Bonchev–Trinajstić information content (AvgIpc) is 3.04. The molecule has 0 aliphatic heterocycles. The van der Waals surface area contributed by atoms with E-state index in [1.807, 2.05) is 36.2 Å². The highest BCUT2D eigenvalue weighted by Gasteiger charge is 2.07. The Bertz CT molecular complexity index is 925. The third-order valence-corrected chi connectivity index (χ3v) is 4.87. The first-order valence-electron chi connectivity index (χ1n) is 7.74. The van der Waals surface area contributed by atoms with E-state index in [1.165, 1.54) is 0 Å². The molecule has 3 rings (SSSR count). The number of carbonyl (C=O) groups is 1. The topological polar surface area (TPSA) is 45.2 Å². The molecule has 0 spiro atoms. The van der Waals surface area contributed by atoms with E-state index in [0.29, 0.717) is 23.7 Å². The van der Waals surface area contributed by atoms with E-state index in [4.69, 9.17) is 11.6 Å². The number of fused-ring (bicyclic) bond motifs is 1. The number of hydrogen-bond acceptors (Lipinski definition) is 4. The van der Waals surface area contributed by atoms with E-state index in [9.17, 15) is 4.79 Å². The normalized spacial score (nSPS) is 10.2. The zero-order chi connectivity index (χ0) is 17.6. The SMILES string of the molecule is CN(CCNC(=O)C#Cc1cccc(Cl)c1)c1nc2ccccc2s1. The molecule has 1 heterocycles. The van der Waals surface area contributed by atoms with Crippen molar-refractivity contribution in [3.63, 3.8) is 0 Å². The van der Waals surface area contributed by atoms with Crippen molar-refractivity contribution in [3.8, 4) is 11.8 Å². The van der Waals surface area contributed by atoms with Crippen LogP contribution in [0.3, 0.4) is 0 Å². The van der Waals surface area contributed by atoms with E-state index in [2.05, 4.69) is 28.2 Å². The third-order valence-electron chi connectivity index (χ3n) is 3.49. The highest BCUT2D eigenvalue weighted by molar-refractivity contribution is 7.22. The quantitative estimate of drug-likeness (QED) is 0.715. The molecule has 25 heavy (non-hydrogen) atoms. The van der Waals surface area contributed by atoms with Crippen LogP contribution in [0.5, 0.6) is 0 Å². The van der Waals surface area contributed by atoms with E-state index < -0.39 is 0 Å². The Morgan fingerprint density at radius 3 is 2.92 bits per heavy atom. The van der Waals surface area contributed by atoms with Crippen LogP contribution in [0.4, 0.5) is 5.13 Å². The molecule has 0 aliphatic carbocycles. The summed E-state index contributed by atoms with van der Waals surface area (Å²) in [5.74, 6) is 5.07. The lowest BCUT2D eigenvalue weighted by atomic mass is 10.2. The lowest BCUT2D eigenvalue weighted by Gasteiger charge is -2.15. The van der Waals surface area contributed by atoms with Crippen molar-refractivity contribution in [2.24, 2.45) is 0 Å². The monoisotopic (exact) mass is 369 g/mol. The molecule has 1 amide bonds. The van der Waals surface area contributed by atoms with Gasteiger partial charge in [-0.2, -0.15) is 0 Å². The number of halogens is 1. The number of aromatic nitrogens is 1. The maximum Gasteiger partial charge on any atom is 0.296 e. The van der Waals surface area contributed by atoms with Crippen LogP contribution < -0.4 is 10.2 Å². The van der Waals surface area contributed by atoms with Crippen LogP contribution in [-0.4, -0.2) is 31.0 Å². The molecule has 1 aromatic heterocycles. The minimum absolute atomic E-state index is 0.308. The van der Waals surface area contributed by atoms with Crippen LogP contribution in [0.15, 0.2) is 48.5 Å². The van der Waals surface area contributed by atoms with Gasteiger partial charge in [-0.25, -0.2) is 4.98 Å². The fourth-order valence-electron chi connectivity index (χ4n) is 2.20. The number of nitrogens with one attached hydrogen (secondary N) is 1. The molecule has 6 heteroatoms. The molecule has 0 fully saturated rings. The van der Waals surface area contributed by atoms with Gasteiger partial charge in [0.15, 0.2) is 5.13 Å². The van der Waals surface area contributed by atoms with Crippen molar-refractivity contribution in [2.45, 2.75) is 0 Å². The van der Waals surface area contributed by atoms with Crippen molar-refractivity contribution >= 4 is 44.2 Å².